The van der Waals surface area contributed by atoms with E-state index in [1.54, 1.807) is 0 Å². The fourth-order valence-electron chi connectivity index (χ4n) is 8.63. The minimum atomic E-state index is -0.791. The summed E-state index contributed by atoms with van der Waals surface area (Å²) < 4.78 is 16.9. The van der Waals surface area contributed by atoms with E-state index in [0.717, 1.165) is 116 Å². The molecule has 0 aromatic rings. The van der Waals surface area contributed by atoms with Crippen molar-refractivity contribution in [1.29, 1.82) is 0 Å². The highest BCUT2D eigenvalue weighted by molar-refractivity contribution is 5.71. The number of esters is 3. The minimum absolute atomic E-state index is 0.0883. The number of allylic oxidation sites excluding steroid dienone is 14. The van der Waals surface area contributed by atoms with E-state index in [-0.39, 0.29) is 31.1 Å². The first-order chi connectivity index (χ1) is 35.5. The van der Waals surface area contributed by atoms with Crippen LogP contribution in [0.3, 0.4) is 0 Å². The van der Waals surface area contributed by atoms with E-state index in [0.29, 0.717) is 19.3 Å². The Hall–Kier alpha value is -3.41. The number of carbonyl (C=O) groups excluding carboxylic acids is 3. The molecule has 6 nitrogen and oxygen atoms in total. The summed E-state index contributed by atoms with van der Waals surface area (Å²) in [7, 11) is 0. The zero-order valence-corrected chi connectivity index (χ0v) is 47.4. The zero-order chi connectivity index (χ0) is 52.2. The summed E-state index contributed by atoms with van der Waals surface area (Å²) in [5, 5.41) is 0. The Kier molecular flexibility index (Phi) is 57.3. The highest BCUT2D eigenvalue weighted by Gasteiger charge is 2.19. The quantitative estimate of drug-likeness (QED) is 0.0261. The third-order valence-electron chi connectivity index (χ3n) is 13.1. The Morgan fingerprint density at radius 3 is 0.861 bits per heavy atom. The van der Waals surface area contributed by atoms with Crippen LogP contribution in [0.4, 0.5) is 0 Å². The minimum Gasteiger partial charge on any atom is -0.462 e. The number of ether oxygens (including phenoxy) is 3. The van der Waals surface area contributed by atoms with Crippen LogP contribution in [0.25, 0.3) is 0 Å². The van der Waals surface area contributed by atoms with Gasteiger partial charge in [-0.3, -0.25) is 14.4 Å². The maximum atomic E-state index is 12.9. The molecule has 414 valence electrons. The molecule has 0 bridgehead atoms. The lowest BCUT2D eigenvalue weighted by Gasteiger charge is -2.18. The molecule has 0 saturated carbocycles. The first kappa shape index (κ1) is 68.6. The molecule has 0 aliphatic heterocycles. The molecule has 0 aromatic carbocycles. The average molecular weight is 1000 g/mol. The van der Waals surface area contributed by atoms with Gasteiger partial charge in [-0.2, -0.15) is 0 Å². The standard InChI is InChI=1S/C66H114O6/c1-4-7-10-13-16-19-22-25-27-29-31-33-35-36-38-41-44-47-50-53-56-59-65(68)71-62-63(61-70-64(67)58-55-52-49-46-43-40-24-21-18-15-12-9-6-3)72-66(69)60-57-54-51-48-45-42-39-37-34-32-30-28-26-23-20-17-14-11-8-5-2/h7,9-10,12,16,18-19,21,25,27,31,33,40,43,63H,4-6,8,11,13-15,17,20,22-24,26,28-30,32,34-39,41-42,44-62H2,1-3H3/b10-7-,12-9-,19-16-,21-18-,27-25-,33-31-,43-40-. The average Bonchev–Trinajstić information content (AvgIpc) is 3.38. The van der Waals surface area contributed by atoms with Crippen molar-refractivity contribution < 1.29 is 28.6 Å². The molecule has 0 saturated heterocycles. The fraction of sp³-hybridized carbons (Fsp3) is 0.742. The van der Waals surface area contributed by atoms with Crippen molar-refractivity contribution in [2.45, 2.75) is 303 Å². The van der Waals surface area contributed by atoms with E-state index in [1.807, 2.05) is 0 Å². The van der Waals surface area contributed by atoms with Crippen molar-refractivity contribution >= 4 is 17.9 Å². The molecule has 0 aliphatic rings. The van der Waals surface area contributed by atoms with Crippen molar-refractivity contribution in [3.63, 3.8) is 0 Å². The first-order valence-corrected chi connectivity index (χ1v) is 30.6. The highest BCUT2D eigenvalue weighted by Crippen LogP contribution is 2.17. The van der Waals surface area contributed by atoms with Gasteiger partial charge in [-0.05, 0) is 89.9 Å². The van der Waals surface area contributed by atoms with Crippen LogP contribution in [0.5, 0.6) is 0 Å². The maximum Gasteiger partial charge on any atom is 0.306 e. The van der Waals surface area contributed by atoms with Crippen LogP contribution in [-0.2, 0) is 28.6 Å². The molecule has 0 aromatic heterocycles. The van der Waals surface area contributed by atoms with Crippen LogP contribution < -0.4 is 0 Å². The summed E-state index contributed by atoms with van der Waals surface area (Å²) in [4.78, 5) is 38.2. The Labute approximate surface area is 445 Å². The second-order valence-electron chi connectivity index (χ2n) is 20.2. The molecule has 0 rings (SSSR count). The molecule has 1 atom stereocenters. The fourth-order valence-corrected chi connectivity index (χ4v) is 8.63. The molecule has 1 unspecified atom stereocenters. The van der Waals surface area contributed by atoms with Crippen LogP contribution in [0.2, 0.25) is 0 Å². The molecule has 0 radical (unpaired) electrons. The molecule has 0 N–H and O–H groups in total. The molecule has 0 fully saturated rings. The first-order valence-electron chi connectivity index (χ1n) is 30.6. The third-order valence-corrected chi connectivity index (χ3v) is 13.1. The van der Waals surface area contributed by atoms with Crippen LogP contribution >= 0.6 is 0 Å². The second kappa shape index (κ2) is 60.1. The summed E-state index contributed by atoms with van der Waals surface area (Å²) in [6.45, 7) is 6.41. The van der Waals surface area contributed by atoms with Crippen molar-refractivity contribution in [2.75, 3.05) is 13.2 Å². The van der Waals surface area contributed by atoms with Crippen LogP contribution in [0.15, 0.2) is 85.1 Å². The SMILES string of the molecule is CC/C=C\C/C=C\C/C=C\C/C=C\CCCCCCCCCCC(=O)OCC(COC(=O)CCCCC/C=C\C/C=C\C/C=C\CC)OC(=O)CCCCCCCCCCCCCCCCCCCCCC. The van der Waals surface area contributed by atoms with Crippen LogP contribution in [-0.4, -0.2) is 37.2 Å². The number of hydrogen-bond donors (Lipinski definition) is 0. The van der Waals surface area contributed by atoms with Gasteiger partial charge >= 0.3 is 17.9 Å². The third kappa shape index (κ3) is 57.5. The van der Waals surface area contributed by atoms with Crippen molar-refractivity contribution in [3.05, 3.63) is 85.1 Å². The van der Waals surface area contributed by atoms with Gasteiger partial charge in [-0.25, -0.2) is 0 Å². The summed E-state index contributed by atoms with van der Waals surface area (Å²) >= 11 is 0. The summed E-state index contributed by atoms with van der Waals surface area (Å²) in [5.41, 5.74) is 0. The lowest BCUT2D eigenvalue weighted by molar-refractivity contribution is -0.167. The van der Waals surface area contributed by atoms with E-state index >= 15 is 0 Å². The van der Waals surface area contributed by atoms with Gasteiger partial charge in [0.1, 0.15) is 13.2 Å². The lowest BCUT2D eigenvalue weighted by atomic mass is 10.0. The smallest absolute Gasteiger partial charge is 0.306 e. The largest absolute Gasteiger partial charge is 0.462 e. The van der Waals surface area contributed by atoms with Gasteiger partial charge in [0, 0.05) is 19.3 Å². The molecule has 0 amide bonds. The van der Waals surface area contributed by atoms with Gasteiger partial charge in [0.2, 0.25) is 0 Å². The molecule has 0 spiro atoms. The van der Waals surface area contributed by atoms with Gasteiger partial charge in [0.15, 0.2) is 6.10 Å². The Morgan fingerprint density at radius 1 is 0.292 bits per heavy atom. The number of carbonyl (C=O) groups is 3. The number of unbranched alkanes of at least 4 members (excludes halogenated alkanes) is 30. The predicted octanol–water partition coefficient (Wildman–Crippen LogP) is 20.7. The van der Waals surface area contributed by atoms with Crippen LogP contribution in [0, 0.1) is 0 Å². The van der Waals surface area contributed by atoms with Crippen molar-refractivity contribution in [1.82, 2.24) is 0 Å². The Bertz CT molecular complexity index is 1380. The Morgan fingerprint density at radius 2 is 0.542 bits per heavy atom. The van der Waals surface area contributed by atoms with Crippen LogP contribution in [0.1, 0.15) is 297 Å². The monoisotopic (exact) mass is 1000 g/mol. The molecule has 72 heavy (non-hydrogen) atoms. The summed E-state index contributed by atoms with van der Waals surface area (Å²) in [6.07, 6.45) is 78.7. The number of hydrogen-bond acceptors (Lipinski definition) is 6. The van der Waals surface area contributed by atoms with Gasteiger partial charge in [-0.1, -0.05) is 273 Å². The summed E-state index contributed by atoms with van der Waals surface area (Å²) in [6, 6.07) is 0. The van der Waals surface area contributed by atoms with Crippen molar-refractivity contribution in [2.24, 2.45) is 0 Å². The molecule has 0 aliphatic carbocycles. The summed E-state index contributed by atoms with van der Waals surface area (Å²) in [5.74, 6) is -0.914. The van der Waals surface area contributed by atoms with E-state index < -0.39 is 6.10 Å². The van der Waals surface area contributed by atoms with Gasteiger partial charge in [-0.15, -0.1) is 0 Å². The highest BCUT2D eigenvalue weighted by atomic mass is 16.6. The molecular formula is C66H114O6. The van der Waals surface area contributed by atoms with E-state index in [4.69, 9.17) is 14.2 Å². The van der Waals surface area contributed by atoms with E-state index in [2.05, 4.69) is 106 Å². The van der Waals surface area contributed by atoms with Gasteiger partial charge in [0.25, 0.3) is 0 Å². The molecular weight excluding hydrogens is 889 g/mol. The molecule has 0 heterocycles. The predicted molar refractivity (Wildman–Crippen MR) is 311 cm³/mol. The normalized spacial score (nSPS) is 12.7. The lowest BCUT2D eigenvalue weighted by Crippen LogP contribution is -2.30. The Balaban J connectivity index is 4.36. The zero-order valence-electron chi connectivity index (χ0n) is 47.4. The maximum absolute atomic E-state index is 12.9. The topological polar surface area (TPSA) is 78.9 Å². The second-order valence-corrected chi connectivity index (χ2v) is 20.2. The van der Waals surface area contributed by atoms with Gasteiger partial charge < -0.3 is 14.2 Å². The van der Waals surface area contributed by atoms with Crippen molar-refractivity contribution in [3.8, 4) is 0 Å². The molecule has 6 heteroatoms. The van der Waals surface area contributed by atoms with Gasteiger partial charge in [0.05, 0.1) is 0 Å². The number of rotatable bonds is 55. The van der Waals surface area contributed by atoms with E-state index in [9.17, 15) is 14.4 Å². The van der Waals surface area contributed by atoms with E-state index in [1.165, 1.54) is 141 Å².